The largest absolute Gasteiger partial charge is 0.260 e. The molecule has 0 aliphatic heterocycles. The summed E-state index contributed by atoms with van der Waals surface area (Å²) in [5, 5.41) is 4.87. The van der Waals surface area contributed by atoms with Crippen molar-refractivity contribution in [3.63, 3.8) is 0 Å². The van der Waals surface area contributed by atoms with E-state index in [0.717, 1.165) is 5.56 Å². The molecule has 0 saturated heterocycles. The van der Waals surface area contributed by atoms with Crippen molar-refractivity contribution in [2.45, 2.75) is 12.7 Å². The summed E-state index contributed by atoms with van der Waals surface area (Å²) in [6, 6.07) is 3.55. The summed E-state index contributed by atoms with van der Waals surface area (Å²) in [6.45, 7) is 1.80. The highest BCUT2D eigenvalue weighted by atomic mass is 32.2. The second-order valence-corrected chi connectivity index (χ2v) is 4.19. The molecular weight excluding hydrogens is 176 g/mol. The molecule has 4 nitrogen and oxygen atoms in total. The van der Waals surface area contributed by atoms with Gasteiger partial charge in [0.25, 0.3) is 0 Å². The number of primary sulfonamides is 1. The molecular formula is C7H10N2O2S. The van der Waals surface area contributed by atoms with Crippen molar-refractivity contribution in [2.24, 2.45) is 5.14 Å². The SMILES string of the molecule is Cc1cccnc1CS(N)(=O)=O. The van der Waals surface area contributed by atoms with Gasteiger partial charge in [0.2, 0.25) is 10.0 Å². The Morgan fingerprint density at radius 1 is 1.58 bits per heavy atom. The second-order valence-electron chi connectivity index (χ2n) is 2.57. The lowest BCUT2D eigenvalue weighted by atomic mass is 10.2. The number of nitrogens with two attached hydrogens (primary N) is 1. The quantitative estimate of drug-likeness (QED) is 0.716. The van der Waals surface area contributed by atoms with Gasteiger partial charge in [0.05, 0.1) is 5.69 Å². The summed E-state index contributed by atoms with van der Waals surface area (Å²) in [6.07, 6.45) is 1.55. The molecule has 1 heterocycles. The molecule has 0 saturated carbocycles. The highest BCUT2D eigenvalue weighted by Crippen LogP contribution is 2.05. The second kappa shape index (κ2) is 3.20. The maximum atomic E-state index is 10.7. The van der Waals surface area contributed by atoms with E-state index in [9.17, 15) is 8.42 Å². The van der Waals surface area contributed by atoms with Crippen LogP contribution in [0.2, 0.25) is 0 Å². The molecule has 0 aromatic carbocycles. The molecule has 0 amide bonds. The van der Waals surface area contributed by atoms with Gasteiger partial charge in [0.15, 0.2) is 0 Å². The van der Waals surface area contributed by atoms with Crippen molar-refractivity contribution in [1.82, 2.24) is 4.98 Å². The molecule has 2 N–H and O–H groups in total. The Morgan fingerprint density at radius 2 is 2.25 bits per heavy atom. The number of aryl methyl sites for hydroxylation is 1. The average Bonchev–Trinajstić information content (AvgIpc) is 1.91. The summed E-state index contributed by atoms with van der Waals surface area (Å²) >= 11 is 0. The topological polar surface area (TPSA) is 73.0 Å². The van der Waals surface area contributed by atoms with Crippen LogP contribution in [-0.4, -0.2) is 13.4 Å². The van der Waals surface area contributed by atoms with Gasteiger partial charge in [-0.05, 0) is 18.6 Å². The van der Waals surface area contributed by atoms with E-state index < -0.39 is 10.0 Å². The predicted molar refractivity (Wildman–Crippen MR) is 45.8 cm³/mol. The van der Waals surface area contributed by atoms with Crippen LogP contribution in [0.5, 0.6) is 0 Å². The van der Waals surface area contributed by atoms with Crippen molar-refractivity contribution in [2.75, 3.05) is 0 Å². The Kier molecular flexibility index (Phi) is 2.44. The molecule has 1 rings (SSSR count). The Hall–Kier alpha value is -0.940. The third kappa shape index (κ3) is 2.60. The molecule has 0 radical (unpaired) electrons. The lowest BCUT2D eigenvalue weighted by Gasteiger charge is -2.00. The Labute approximate surface area is 71.5 Å². The number of rotatable bonds is 2. The summed E-state index contributed by atoms with van der Waals surface area (Å²) in [7, 11) is -3.46. The zero-order valence-electron chi connectivity index (χ0n) is 6.69. The van der Waals surface area contributed by atoms with Gasteiger partial charge in [-0.15, -0.1) is 0 Å². The molecule has 0 aliphatic rings. The number of aromatic nitrogens is 1. The molecule has 5 heteroatoms. The third-order valence-electron chi connectivity index (χ3n) is 1.46. The molecule has 0 unspecified atom stereocenters. The number of sulfonamides is 1. The number of nitrogens with zero attached hydrogens (tertiary/aromatic N) is 1. The van der Waals surface area contributed by atoms with E-state index in [-0.39, 0.29) is 5.75 Å². The van der Waals surface area contributed by atoms with Crippen molar-refractivity contribution in [3.8, 4) is 0 Å². The van der Waals surface area contributed by atoms with Gasteiger partial charge < -0.3 is 0 Å². The minimum atomic E-state index is -3.46. The first-order valence-electron chi connectivity index (χ1n) is 3.40. The van der Waals surface area contributed by atoms with Crippen LogP contribution in [0.1, 0.15) is 11.3 Å². The van der Waals surface area contributed by atoms with Gasteiger partial charge in [-0.2, -0.15) is 0 Å². The molecule has 0 bridgehead atoms. The fourth-order valence-electron chi connectivity index (χ4n) is 0.860. The Balaban J connectivity index is 2.98. The van der Waals surface area contributed by atoms with Crippen LogP contribution < -0.4 is 5.14 Å². The molecule has 12 heavy (non-hydrogen) atoms. The summed E-state index contributed by atoms with van der Waals surface area (Å²) in [5.41, 5.74) is 1.35. The average molecular weight is 186 g/mol. The molecule has 0 spiro atoms. The Morgan fingerprint density at radius 3 is 2.75 bits per heavy atom. The summed E-state index contributed by atoms with van der Waals surface area (Å²) in [5.74, 6) is -0.195. The third-order valence-corrected chi connectivity index (χ3v) is 2.13. The molecule has 66 valence electrons. The fourth-order valence-corrected chi connectivity index (χ4v) is 1.54. The van der Waals surface area contributed by atoms with E-state index in [0.29, 0.717) is 5.69 Å². The number of hydrogen-bond acceptors (Lipinski definition) is 3. The first kappa shape index (κ1) is 9.15. The number of pyridine rings is 1. The zero-order chi connectivity index (χ0) is 9.19. The van der Waals surface area contributed by atoms with Gasteiger partial charge in [0.1, 0.15) is 5.75 Å². The van der Waals surface area contributed by atoms with Crippen LogP contribution in [0.15, 0.2) is 18.3 Å². The van der Waals surface area contributed by atoms with Crippen molar-refractivity contribution in [3.05, 3.63) is 29.6 Å². The lowest BCUT2D eigenvalue weighted by Crippen LogP contribution is -2.15. The first-order chi connectivity index (χ1) is 5.49. The molecule has 1 aromatic heterocycles. The van der Waals surface area contributed by atoms with Crippen LogP contribution in [0.3, 0.4) is 0 Å². The van der Waals surface area contributed by atoms with Crippen LogP contribution >= 0.6 is 0 Å². The maximum Gasteiger partial charge on any atom is 0.214 e. The van der Waals surface area contributed by atoms with Gasteiger partial charge in [-0.25, -0.2) is 13.6 Å². The maximum absolute atomic E-state index is 10.7. The lowest BCUT2D eigenvalue weighted by molar-refractivity contribution is 0.596. The van der Waals surface area contributed by atoms with E-state index in [1.165, 1.54) is 0 Å². The minimum Gasteiger partial charge on any atom is -0.260 e. The van der Waals surface area contributed by atoms with E-state index in [1.807, 2.05) is 0 Å². The van der Waals surface area contributed by atoms with Crippen LogP contribution in [0, 0.1) is 6.92 Å². The minimum absolute atomic E-state index is 0.195. The monoisotopic (exact) mass is 186 g/mol. The van der Waals surface area contributed by atoms with E-state index in [4.69, 9.17) is 5.14 Å². The van der Waals surface area contributed by atoms with E-state index >= 15 is 0 Å². The van der Waals surface area contributed by atoms with Crippen LogP contribution in [0.25, 0.3) is 0 Å². The van der Waals surface area contributed by atoms with Crippen molar-refractivity contribution in [1.29, 1.82) is 0 Å². The molecule has 0 atom stereocenters. The standard InChI is InChI=1S/C7H10N2O2S/c1-6-3-2-4-9-7(6)5-12(8,10)11/h2-4H,5H2,1H3,(H2,8,10,11). The van der Waals surface area contributed by atoms with Crippen molar-refractivity contribution < 1.29 is 8.42 Å². The molecule has 1 aromatic rings. The Bertz CT molecular complexity index is 373. The van der Waals surface area contributed by atoms with Crippen LogP contribution in [0.4, 0.5) is 0 Å². The van der Waals surface area contributed by atoms with Gasteiger partial charge in [-0.1, -0.05) is 6.07 Å². The highest BCUT2D eigenvalue weighted by molar-refractivity contribution is 7.88. The van der Waals surface area contributed by atoms with Gasteiger partial charge in [0, 0.05) is 6.20 Å². The highest BCUT2D eigenvalue weighted by Gasteiger charge is 2.07. The fraction of sp³-hybridized carbons (Fsp3) is 0.286. The summed E-state index contributed by atoms with van der Waals surface area (Å²) < 4.78 is 21.4. The van der Waals surface area contributed by atoms with Gasteiger partial charge >= 0.3 is 0 Å². The first-order valence-corrected chi connectivity index (χ1v) is 5.11. The van der Waals surface area contributed by atoms with Crippen LogP contribution in [-0.2, 0) is 15.8 Å². The van der Waals surface area contributed by atoms with E-state index in [1.54, 1.807) is 25.3 Å². The predicted octanol–water partition coefficient (Wildman–Crippen LogP) is 0.179. The molecule has 0 fully saturated rings. The number of hydrogen-bond donors (Lipinski definition) is 1. The smallest absolute Gasteiger partial charge is 0.214 e. The van der Waals surface area contributed by atoms with Gasteiger partial charge in [-0.3, -0.25) is 4.98 Å². The summed E-state index contributed by atoms with van der Waals surface area (Å²) in [4.78, 5) is 3.90. The molecule has 0 aliphatic carbocycles. The normalized spacial score (nSPS) is 11.5. The zero-order valence-corrected chi connectivity index (χ0v) is 7.50. The van der Waals surface area contributed by atoms with Crippen molar-refractivity contribution >= 4 is 10.0 Å². The van der Waals surface area contributed by atoms with E-state index in [2.05, 4.69) is 4.98 Å².